The summed E-state index contributed by atoms with van der Waals surface area (Å²) in [5, 5.41) is 6.48. The quantitative estimate of drug-likeness (QED) is 0.448. The van der Waals surface area contributed by atoms with Gasteiger partial charge in [0.05, 0.1) is 26.3 Å². The SMILES string of the molecule is CCNC(=NCc1ccccc1COCc1ccccc1)NC1CCN(CC(F)(F)F)C1. The van der Waals surface area contributed by atoms with Gasteiger partial charge in [0.1, 0.15) is 0 Å². The second-order valence-corrected chi connectivity index (χ2v) is 7.92. The molecule has 3 rings (SSSR count). The van der Waals surface area contributed by atoms with Crippen molar-refractivity contribution in [3.8, 4) is 0 Å². The Morgan fingerprint density at radius 3 is 2.50 bits per heavy atom. The Kier molecular flexibility index (Phi) is 8.93. The van der Waals surface area contributed by atoms with Gasteiger partial charge in [-0.1, -0.05) is 54.6 Å². The molecule has 5 nitrogen and oxygen atoms in total. The molecule has 0 aromatic heterocycles. The summed E-state index contributed by atoms with van der Waals surface area (Å²) in [7, 11) is 0. The first-order chi connectivity index (χ1) is 15.4. The number of guanidine groups is 1. The summed E-state index contributed by atoms with van der Waals surface area (Å²) in [5.74, 6) is 0.617. The van der Waals surface area contributed by atoms with E-state index in [0.29, 0.717) is 51.8 Å². The highest BCUT2D eigenvalue weighted by atomic mass is 19.4. The molecule has 1 unspecified atom stereocenters. The zero-order chi connectivity index (χ0) is 22.8. The Morgan fingerprint density at radius 2 is 1.78 bits per heavy atom. The van der Waals surface area contributed by atoms with Crippen molar-refractivity contribution in [3.63, 3.8) is 0 Å². The molecule has 2 aromatic rings. The molecule has 1 saturated heterocycles. The van der Waals surface area contributed by atoms with E-state index in [1.54, 1.807) is 0 Å². The van der Waals surface area contributed by atoms with E-state index in [9.17, 15) is 13.2 Å². The number of benzene rings is 2. The molecule has 32 heavy (non-hydrogen) atoms. The van der Waals surface area contributed by atoms with Gasteiger partial charge in [-0.15, -0.1) is 0 Å². The molecule has 0 bridgehead atoms. The zero-order valence-corrected chi connectivity index (χ0v) is 18.4. The lowest BCUT2D eigenvalue weighted by atomic mass is 10.1. The van der Waals surface area contributed by atoms with Gasteiger partial charge in [0.15, 0.2) is 5.96 Å². The van der Waals surface area contributed by atoms with Crippen molar-refractivity contribution in [1.82, 2.24) is 15.5 Å². The lowest BCUT2D eigenvalue weighted by Gasteiger charge is -2.20. The fourth-order valence-electron chi connectivity index (χ4n) is 3.73. The van der Waals surface area contributed by atoms with Gasteiger partial charge >= 0.3 is 6.18 Å². The highest BCUT2D eigenvalue weighted by Crippen LogP contribution is 2.20. The van der Waals surface area contributed by atoms with Crippen molar-refractivity contribution >= 4 is 5.96 Å². The number of nitrogens with zero attached hydrogens (tertiary/aromatic N) is 2. The van der Waals surface area contributed by atoms with Gasteiger partial charge in [-0.2, -0.15) is 13.2 Å². The topological polar surface area (TPSA) is 48.9 Å². The minimum Gasteiger partial charge on any atom is -0.372 e. The average Bonchev–Trinajstić information content (AvgIpc) is 3.18. The predicted molar refractivity (Wildman–Crippen MR) is 120 cm³/mol. The van der Waals surface area contributed by atoms with Gasteiger partial charge in [-0.25, -0.2) is 4.99 Å². The maximum Gasteiger partial charge on any atom is 0.401 e. The third kappa shape index (κ3) is 8.16. The smallest absolute Gasteiger partial charge is 0.372 e. The molecule has 1 aliphatic rings. The Hall–Kier alpha value is -2.58. The van der Waals surface area contributed by atoms with Crippen LogP contribution in [0.15, 0.2) is 59.6 Å². The molecular formula is C24H31F3N4O. The van der Waals surface area contributed by atoms with Crippen LogP contribution in [0, 0.1) is 0 Å². The summed E-state index contributed by atoms with van der Waals surface area (Å²) < 4.78 is 43.8. The first kappa shape index (κ1) is 24.1. The number of aliphatic imine (C=N–C) groups is 1. The number of alkyl halides is 3. The first-order valence-electron chi connectivity index (χ1n) is 11.0. The van der Waals surface area contributed by atoms with E-state index in [1.165, 1.54) is 4.90 Å². The Bertz CT molecular complexity index is 858. The third-order valence-electron chi connectivity index (χ3n) is 5.26. The number of rotatable bonds is 9. The molecule has 8 heteroatoms. The fourth-order valence-corrected chi connectivity index (χ4v) is 3.73. The second kappa shape index (κ2) is 11.9. The lowest BCUT2D eigenvalue weighted by molar-refractivity contribution is -0.143. The summed E-state index contributed by atoms with van der Waals surface area (Å²) in [5.41, 5.74) is 3.25. The molecule has 0 radical (unpaired) electrons. The Balaban J connectivity index is 1.55. The molecular weight excluding hydrogens is 417 g/mol. The van der Waals surface area contributed by atoms with Crippen LogP contribution in [-0.2, 0) is 24.5 Å². The lowest BCUT2D eigenvalue weighted by Crippen LogP contribution is -2.45. The number of ether oxygens (including phenoxy) is 1. The Morgan fingerprint density at radius 1 is 1.06 bits per heavy atom. The minimum atomic E-state index is -4.17. The maximum absolute atomic E-state index is 12.6. The molecule has 0 spiro atoms. The van der Waals surface area contributed by atoms with Crippen molar-refractivity contribution in [1.29, 1.82) is 0 Å². The molecule has 1 fully saturated rings. The van der Waals surface area contributed by atoms with Crippen molar-refractivity contribution in [2.75, 3.05) is 26.2 Å². The van der Waals surface area contributed by atoms with Crippen molar-refractivity contribution < 1.29 is 17.9 Å². The number of likely N-dealkylation sites (tertiary alicyclic amines) is 1. The summed E-state index contributed by atoms with van der Waals surface area (Å²) in [4.78, 5) is 6.10. The summed E-state index contributed by atoms with van der Waals surface area (Å²) in [6.45, 7) is 4.04. The number of halogens is 3. The fraction of sp³-hybridized carbons (Fsp3) is 0.458. The molecule has 174 valence electrons. The largest absolute Gasteiger partial charge is 0.401 e. The Labute approximate surface area is 187 Å². The normalized spacial score (nSPS) is 17.5. The molecule has 0 saturated carbocycles. The molecule has 1 atom stereocenters. The van der Waals surface area contributed by atoms with Gasteiger partial charge in [0.2, 0.25) is 0 Å². The number of hydrogen-bond acceptors (Lipinski definition) is 3. The van der Waals surface area contributed by atoms with E-state index < -0.39 is 12.7 Å². The van der Waals surface area contributed by atoms with Gasteiger partial charge in [-0.3, -0.25) is 4.90 Å². The molecule has 0 amide bonds. The van der Waals surface area contributed by atoms with Crippen LogP contribution in [0.4, 0.5) is 13.2 Å². The molecule has 0 aliphatic carbocycles. The van der Waals surface area contributed by atoms with Crippen LogP contribution in [0.1, 0.15) is 30.0 Å². The zero-order valence-electron chi connectivity index (χ0n) is 18.4. The van der Waals surface area contributed by atoms with E-state index in [-0.39, 0.29) is 6.04 Å². The highest BCUT2D eigenvalue weighted by molar-refractivity contribution is 5.80. The van der Waals surface area contributed by atoms with Crippen LogP contribution in [-0.4, -0.2) is 49.3 Å². The van der Waals surface area contributed by atoms with Crippen molar-refractivity contribution in [2.24, 2.45) is 4.99 Å². The third-order valence-corrected chi connectivity index (χ3v) is 5.26. The molecule has 1 heterocycles. The van der Waals surface area contributed by atoms with Gasteiger partial charge in [0, 0.05) is 25.7 Å². The van der Waals surface area contributed by atoms with Crippen LogP contribution in [0.3, 0.4) is 0 Å². The summed E-state index contributed by atoms with van der Waals surface area (Å²) in [6.07, 6.45) is -3.51. The average molecular weight is 449 g/mol. The van der Waals surface area contributed by atoms with Crippen LogP contribution >= 0.6 is 0 Å². The van der Waals surface area contributed by atoms with Crippen molar-refractivity contribution in [2.45, 2.75) is 45.3 Å². The molecule has 2 aromatic carbocycles. The van der Waals surface area contributed by atoms with Gasteiger partial charge < -0.3 is 15.4 Å². The van der Waals surface area contributed by atoms with Crippen LogP contribution < -0.4 is 10.6 Å². The van der Waals surface area contributed by atoms with Crippen LogP contribution in [0.2, 0.25) is 0 Å². The summed E-state index contributed by atoms with van der Waals surface area (Å²) >= 11 is 0. The standard InChI is InChI=1S/C24H31F3N4O/c1-2-28-23(30-22-12-13-31(15-22)18-24(25,26)27)29-14-20-10-6-7-11-21(20)17-32-16-19-8-4-3-5-9-19/h3-11,22H,2,12-18H2,1H3,(H2,28,29,30). The first-order valence-corrected chi connectivity index (χ1v) is 11.0. The van der Waals surface area contributed by atoms with E-state index in [0.717, 1.165) is 16.7 Å². The van der Waals surface area contributed by atoms with Gasteiger partial charge in [0.25, 0.3) is 0 Å². The van der Waals surface area contributed by atoms with Crippen LogP contribution in [0.25, 0.3) is 0 Å². The number of nitrogens with one attached hydrogen (secondary N) is 2. The maximum atomic E-state index is 12.6. The highest BCUT2D eigenvalue weighted by Gasteiger charge is 2.34. The summed E-state index contributed by atoms with van der Waals surface area (Å²) in [6, 6.07) is 18.0. The predicted octanol–water partition coefficient (Wildman–Crippen LogP) is 4.10. The second-order valence-electron chi connectivity index (χ2n) is 7.92. The van der Waals surface area contributed by atoms with Crippen molar-refractivity contribution in [3.05, 3.63) is 71.3 Å². The minimum absolute atomic E-state index is 0.0559. The van der Waals surface area contributed by atoms with E-state index >= 15 is 0 Å². The molecule has 1 aliphatic heterocycles. The van der Waals surface area contributed by atoms with E-state index in [1.807, 2.05) is 61.5 Å². The molecule has 2 N–H and O–H groups in total. The van der Waals surface area contributed by atoms with E-state index in [2.05, 4.69) is 15.6 Å². The van der Waals surface area contributed by atoms with E-state index in [4.69, 9.17) is 4.74 Å². The number of hydrogen-bond donors (Lipinski definition) is 2. The monoisotopic (exact) mass is 448 g/mol. The van der Waals surface area contributed by atoms with Gasteiger partial charge in [-0.05, 0) is 30.0 Å². The van der Waals surface area contributed by atoms with Crippen LogP contribution in [0.5, 0.6) is 0 Å².